The summed E-state index contributed by atoms with van der Waals surface area (Å²) in [6.45, 7) is -1.81. The normalized spacial score (nSPS) is 21.1. The molecule has 2 aliphatic rings. The number of carboxylic acids is 1. The molecule has 1 N–H and O–H groups in total. The maximum Gasteiger partial charge on any atom is 0.416 e. The molecule has 0 radical (unpaired) electrons. The van der Waals surface area contributed by atoms with Crippen molar-refractivity contribution in [3.8, 4) is 11.1 Å². The summed E-state index contributed by atoms with van der Waals surface area (Å²) in [4.78, 5) is 24.6. The average Bonchev–Trinajstić information content (AvgIpc) is 3.04. The summed E-state index contributed by atoms with van der Waals surface area (Å²) < 4.78 is 49.0. The van der Waals surface area contributed by atoms with Crippen LogP contribution in [-0.4, -0.2) is 60.1 Å². The van der Waals surface area contributed by atoms with Gasteiger partial charge in [-0.2, -0.15) is 13.2 Å². The molecule has 1 amide bonds. The van der Waals surface area contributed by atoms with Crippen molar-refractivity contribution in [3.63, 3.8) is 0 Å². The number of carbonyl (C=O) groups is 2. The molecule has 0 bridgehead atoms. The smallest absolute Gasteiger partial charge is 0.416 e. The van der Waals surface area contributed by atoms with E-state index in [0.29, 0.717) is 4.90 Å². The topological polar surface area (TPSA) is 76.1 Å². The minimum atomic E-state index is -4.72. The van der Waals surface area contributed by atoms with E-state index in [9.17, 15) is 27.9 Å². The Balaban J connectivity index is 1.53. The standard InChI is InChI=1S/C21H18F3NO5/c22-21(23,24)18-9-25(17(11-29-18)19(26)27)20(28)30-10-16-14-7-3-1-5-12(14)13-6-2-4-8-15(13)16/h1-8,16-18H,9-11H2,(H,26,27)/t17-,18-/m1/s1. The molecule has 0 aromatic heterocycles. The molecule has 1 aliphatic heterocycles. The van der Waals surface area contributed by atoms with Crippen molar-refractivity contribution in [1.82, 2.24) is 4.90 Å². The highest BCUT2D eigenvalue weighted by Crippen LogP contribution is 2.44. The zero-order valence-electron chi connectivity index (χ0n) is 15.6. The first kappa shape index (κ1) is 20.2. The van der Waals surface area contributed by atoms with Crippen LogP contribution in [0.1, 0.15) is 17.0 Å². The Morgan fingerprint density at radius 2 is 1.63 bits per heavy atom. The van der Waals surface area contributed by atoms with E-state index in [0.717, 1.165) is 22.3 Å². The number of alkyl halides is 3. The summed E-state index contributed by atoms with van der Waals surface area (Å²) in [6, 6.07) is 13.7. The van der Waals surface area contributed by atoms with Crippen LogP contribution in [0.4, 0.5) is 18.0 Å². The molecule has 0 spiro atoms. The van der Waals surface area contributed by atoms with Crippen LogP contribution in [0.15, 0.2) is 48.5 Å². The van der Waals surface area contributed by atoms with Gasteiger partial charge < -0.3 is 14.6 Å². The van der Waals surface area contributed by atoms with Gasteiger partial charge in [0, 0.05) is 5.92 Å². The Bertz CT molecular complexity index is 932. The van der Waals surface area contributed by atoms with Gasteiger partial charge in [-0.15, -0.1) is 0 Å². The van der Waals surface area contributed by atoms with Gasteiger partial charge in [-0.1, -0.05) is 48.5 Å². The quantitative estimate of drug-likeness (QED) is 0.819. The van der Waals surface area contributed by atoms with Crippen LogP contribution in [0.25, 0.3) is 11.1 Å². The van der Waals surface area contributed by atoms with Crippen molar-refractivity contribution in [2.45, 2.75) is 24.2 Å². The third kappa shape index (κ3) is 3.60. The van der Waals surface area contributed by atoms with Crippen LogP contribution in [0.5, 0.6) is 0 Å². The number of fused-ring (bicyclic) bond motifs is 3. The summed E-state index contributed by atoms with van der Waals surface area (Å²) in [5, 5.41) is 9.28. The van der Waals surface area contributed by atoms with Crippen molar-refractivity contribution in [2.75, 3.05) is 19.8 Å². The van der Waals surface area contributed by atoms with Gasteiger partial charge in [-0.25, -0.2) is 9.59 Å². The lowest BCUT2D eigenvalue weighted by atomic mass is 9.98. The van der Waals surface area contributed by atoms with Crippen LogP contribution >= 0.6 is 0 Å². The summed E-state index contributed by atoms with van der Waals surface area (Å²) in [5.41, 5.74) is 3.88. The fourth-order valence-electron chi connectivity index (χ4n) is 3.94. The SMILES string of the molecule is O=C(O)[C@H]1CO[C@@H](C(F)(F)F)CN1C(=O)OCC1c2ccccc2-c2ccccc21. The van der Waals surface area contributed by atoms with E-state index in [-0.39, 0.29) is 12.5 Å². The molecule has 1 heterocycles. The maximum absolute atomic E-state index is 13.0. The third-order valence-electron chi connectivity index (χ3n) is 5.41. The molecule has 1 fully saturated rings. The molecule has 1 saturated heterocycles. The highest BCUT2D eigenvalue weighted by molar-refractivity contribution is 5.81. The number of carboxylic acid groups (broad SMARTS) is 1. The van der Waals surface area contributed by atoms with Crippen LogP contribution in [0.3, 0.4) is 0 Å². The number of morpholine rings is 1. The Labute approximate surface area is 169 Å². The van der Waals surface area contributed by atoms with E-state index in [2.05, 4.69) is 4.74 Å². The Morgan fingerprint density at radius 3 is 2.17 bits per heavy atom. The number of benzene rings is 2. The van der Waals surface area contributed by atoms with Gasteiger partial charge in [-0.3, -0.25) is 4.90 Å². The number of rotatable bonds is 3. The molecule has 2 atom stereocenters. The van der Waals surface area contributed by atoms with E-state index in [1.807, 2.05) is 48.5 Å². The zero-order valence-corrected chi connectivity index (χ0v) is 15.6. The Morgan fingerprint density at radius 1 is 1.07 bits per heavy atom. The first-order chi connectivity index (χ1) is 14.3. The number of hydrogen-bond acceptors (Lipinski definition) is 4. The summed E-state index contributed by atoms with van der Waals surface area (Å²) in [5.74, 6) is -1.74. The number of halogens is 3. The number of ether oxygens (including phenoxy) is 2. The Kier molecular flexibility index (Phi) is 5.15. The Hall–Kier alpha value is -3.07. The van der Waals surface area contributed by atoms with Gasteiger partial charge in [0.1, 0.15) is 6.61 Å². The lowest BCUT2D eigenvalue weighted by Gasteiger charge is -2.37. The number of aliphatic carboxylic acids is 1. The van der Waals surface area contributed by atoms with Crippen LogP contribution in [0, 0.1) is 0 Å². The van der Waals surface area contributed by atoms with Gasteiger partial charge in [0.05, 0.1) is 13.2 Å². The molecule has 0 unspecified atom stereocenters. The monoisotopic (exact) mass is 421 g/mol. The number of carbonyl (C=O) groups excluding carboxylic acids is 1. The first-order valence-electron chi connectivity index (χ1n) is 9.30. The molecule has 2 aromatic rings. The fraction of sp³-hybridized carbons (Fsp3) is 0.333. The first-order valence-corrected chi connectivity index (χ1v) is 9.30. The summed E-state index contributed by atoms with van der Waals surface area (Å²) >= 11 is 0. The van der Waals surface area contributed by atoms with E-state index in [1.54, 1.807) is 0 Å². The van der Waals surface area contributed by atoms with E-state index < -0.39 is 43.5 Å². The third-order valence-corrected chi connectivity index (χ3v) is 5.41. The molecular formula is C21H18F3NO5. The second-order valence-corrected chi connectivity index (χ2v) is 7.17. The molecule has 1 aliphatic carbocycles. The van der Waals surface area contributed by atoms with Crippen molar-refractivity contribution in [2.24, 2.45) is 0 Å². The van der Waals surface area contributed by atoms with Crippen LogP contribution in [-0.2, 0) is 14.3 Å². The minimum Gasteiger partial charge on any atom is -0.480 e. The molecule has 0 saturated carbocycles. The summed E-state index contributed by atoms with van der Waals surface area (Å²) in [7, 11) is 0. The van der Waals surface area contributed by atoms with Crippen molar-refractivity contribution in [1.29, 1.82) is 0 Å². The maximum atomic E-state index is 13.0. The highest BCUT2D eigenvalue weighted by Gasteiger charge is 2.49. The minimum absolute atomic E-state index is 0.118. The second-order valence-electron chi connectivity index (χ2n) is 7.17. The predicted octanol–water partition coefficient (Wildman–Crippen LogP) is 3.65. The number of hydrogen-bond donors (Lipinski definition) is 1. The van der Waals surface area contributed by atoms with Gasteiger partial charge >= 0.3 is 18.2 Å². The molecule has 2 aromatic carbocycles. The fourth-order valence-corrected chi connectivity index (χ4v) is 3.94. The molecule has 30 heavy (non-hydrogen) atoms. The lowest BCUT2D eigenvalue weighted by Crippen LogP contribution is -2.58. The van der Waals surface area contributed by atoms with Crippen molar-refractivity contribution < 1.29 is 37.3 Å². The van der Waals surface area contributed by atoms with Gasteiger partial charge in [-0.05, 0) is 22.3 Å². The molecule has 4 rings (SSSR count). The van der Waals surface area contributed by atoms with E-state index in [4.69, 9.17) is 4.74 Å². The largest absolute Gasteiger partial charge is 0.480 e. The van der Waals surface area contributed by atoms with Crippen molar-refractivity contribution in [3.05, 3.63) is 59.7 Å². The lowest BCUT2D eigenvalue weighted by molar-refractivity contribution is -0.242. The average molecular weight is 421 g/mol. The molecular weight excluding hydrogens is 403 g/mol. The highest BCUT2D eigenvalue weighted by atomic mass is 19.4. The van der Waals surface area contributed by atoms with Gasteiger partial charge in [0.15, 0.2) is 12.1 Å². The van der Waals surface area contributed by atoms with Gasteiger partial charge in [0.25, 0.3) is 0 Å². The van der Waals surface area contributed by atoms with Gasteiger partial charge in [0.2, 0.25) is 0 Å². The summed E-state index contributed by atoms with van der Waals surface area (Å²) in [6.07, 6.45) is -8.08. The predicted molar refractivity (Wildman–Crippen MR) is 99.0 cm³/mol. The zero-order chi connectivity index (χ0) is 21.5. The van der Waals surface area contributed by atoms with Crippen LogP contribution in [0.2, 0.25) is 0 Å². The van der Waals surface area contributed by atoms with E-state index in [1.165, 1.54) is 0 Å². The number of amides is 1. The van der Waals surface area contributed by atoms with E-state index >= 15 is 0 Å². The van der Waals surface area contributed by atoms with Crippen molar-refractivity contribution >= 4 is 12.1 Å². The number of nitrogens with zero attached hydrogens (tertiary/aromatic N) is 1. The molecule has 158 valence electrons. The second kappa shape index (κ2) is 7.64. The molecule has 6 nitrogen and oxygen atoms in total. The van der Waals surface area contributed by atoms with Crippen LogP contribution < -0.4 is 0 Å². The molecule has 9 heteroatoms.